The molecule has 0 spiro atoms. The van der Waals surface area contributed by atoms with Crippen LogP contribution < -0.4 is 4.90 Å². The van der Waals surface area contributed by atoms with E-state index in [2.05, 4.69) is 25.9 Å². The van der Waals surface area contributed by atoms with Crippen molar-refractivity contribution < 1.29 is 28.0 Å². The van der Waals surface area contributed by atoms with Gasteiger partial charge in [-0.15, -0.1) is 0 Å². The molecule has 0 bridgehead atoms. The van der Waals surface area contributed by atoms with Gasteiger partial charge in [-0.1, -0.05) is 72.1 Å². The molecule has 1 aliphatic heterocycles. The van der Waals surface area contributed by atoms with E-state index in [1.807, 2.05) is 0 Å². The molecule has 0 atom stereocenters. The summed E-state index contributed by atoms with van der Waals surface area (Å²) in [4.78, 5) is 25.7. The summed E-state index contributed by atoms with van der Waals surface area (Å²) in [5, 5.41) is 15.7. The van der Waals surface area contributed by atoms with Crippen LogP contribution in [0.3, 0.4) is 0 Å². The van der Waals surface area contributed by atoms with Crippen molar-refractivity contribution in [2.24, 2.45) is 5.41 Å². The topological polar surface area (TPSA) is 103 Å². The smallest absolute Gasteiger partial charge is 0.410 e. The molecular formula is C29H51F2N5O5. The van der Waals surface area contributed by atoms with E-state index in [4.69, 9.17) is 9.47 Å². The summed E-state index contributed by atoms with van der Waals surface area (Å²) in [6, 6.07) is 0. The van der Waals surface area contributed by atoms with Crippen LogP contribution in [0.4, 0.5) is 25.1 Å². The average molecular weight is 588 g/mol. The van der Waals surface area contributed by atoms with Gasteiger partial charge in [0, 0.05) is 19.7 Å². The van der Waals surface area contributed by atoms with E-state index >= 15 is 0 Å². The Kier molecular flexibility index (Phi) is 13.2. The Hall–Kier alpha value is -2.50. The van der Waals surface area contributed by atoms with Crippen LogP contribution in [-0.4, -0.2) is 70.0 Å². The Morgan fingerprint density at radius 2 is 1.56 bits per heavy atom. The van der Waals surface area contributed by atoms with Gasteiger partial charge in [0.1, 0.15) is 18.5 Å². The standard InChI is InChI=1S/C29H51F2N5O5/c1-27(2,3)16-14-12-10-8-7-9-11-13-15-19-40-23-35-25(24(20-32-35)36(38)39)33-17-18-34(22-29(30,31)21-33)26(37)41-28(4,5)6/h20H,7-19,21-23H2,1-6H3. The Bertz CT molecular complexity index is 958. The maximum Gasteiger partial charge on any atom is 0.410 e. The van der Waals surface area contributed by atoms with Crippen LogP contribution in [0.2, 0.25) is 0 Å². The molecule has 10 nitrogen and oxygen atoms in total. The molecule has 1 aliphatic rings. The van der Waals surface area contributed by atoms with Crippen molar-refractivity contribution in [3.63, 3.8) is 0 Å². The first-order chi connectivity index (χ1) is 19.1. The van der Waals surface area contributed by atoms with Crippen LogP contribution in [0, 0.1) is 15.5 Å². The number of alkyl halides is 2. The third-order valence-corrected chi connectivity index (χ3v) is 6.85. The number of hydrogen-bond donors (Lipinski definition) is 0. The van der Waals surface area contributed by atoms with Crippen LogP contribution in [0.5, 0.6) is 0 Å². The number of halogens is 2. The fourth-order valence-electron chi connectivity index (χ4n) is 4.84. The highest BCUT2D eigenvalue weighted by Crippen LogP contribution is 2.32. The van der Waals surface area contributed by atoms with Crippen LogP contribution in [0.1, 0.15) is 106 Å². The minimum atomic E-state index is -3.32. The summed E-state index contributed by atoms with van der Waals surface area (Å²) >= 11 is 0. The Morgan fingerprint density at radius 1 is 0.976 bits per heavy atom. The second kappa shape index (κ2) is 15.7. The molecule has 0 saturated carbocycles. The lowest BCUT2D eigenvalue weighted by molar-refractivity contribution is -0.384. The lowest BCUT2D eigenvalue weighted by atomic mass is 9.89. The molecule has 41 heavy (non-hydrogen) atoms. The number of aromatic nitrogens is 2. The van der Waals surface area contributed by atoms with Gasteiger partial charge in [-0.2, -0.15) is 5.10 Å². The van der Waals surface area contributed by atoms with Gasteiger partial charge in [0.05, 0.1) is 18.0 Å². The largest absolute Gasteiger partial charge is 0.444 e. The van der Waals surface area contributed by atoms with E-state index in [0.717, 1.165) is 30.4 Å². The molecule has 1 saturated heterocycles. The van der Waals surface area contributed by atoms with E-state index in [-0.39, 0.29) is 31.3 Å². The van der Waals surface area contributed by atoms with Crippen molar-refractivity contribution in [1.29, 1.82) is 0 Å². The summed E-state index contributed by atoms with van der Waals surface area (Å²) in [5.74, 6) is -3.37. The minimum absolute atomic E-state index is 0.0437. The molecule has 236 valence electrons. The number of carbonyl (C=O) groups is 1. The van der Waals surface area contributed by atoms with Gasteiger partial charge < -0.3 is 19.3 Å². The molecule has 0 aliphatic carbocycles. The molecule has 1 amide bonds. The number of ether oxygens (including phenoxy) is 2. The van der Waals surface area contributed by atoms with Gasteiger partial charge in [0.2, 0.25) is 5.82 Å². The molecule has 0 aromatic carbocycles. The molecule has 0 radical (unpaired) electrons. The maximum atomic E-state index is 14.9. The molecule has 1 aromatic rings. The number of hydrogen-bond acceptors (Lipinski definition) is 7. The van der Waals surface area contributed by atoms with Crippen molar-refractivity contribution >= 4 is 17.6 Å². The van der Waals surface area contributed by atoms with Crippen molar-refractivity contribution in [1.82, 2.24) is 14.7 Å². The predicted molar refractivity (Wildman–Crippen MR) is 155 cm³/mol. The molecule has 2 rings (SSSR count). The maximum absolute atomic E-state index is 14.9. The summed E-state index contributed by atoms with van der Waals surface area (Å²) < 4.78 is 42.0. The van der Waals surface area contributed by atoms with E-state index < -0.39 is 35.6 Å². The minimum Gasteiger partial charge on any atom is -0.444 e. The van der Waals surface area contributed by atoms with Crippen molar-refractivity contribution in [2.45, 2.75) is 124 Å². The van der Waals surface area contributed by atoms with Crippen LogP contribution >= 0.6 is 0 Å². The number of rotatable bonds is 15. The van der Waals surface area contributed by atoms with Crippen LogP contribution in [0.25, 0.3) is 0 Å². The summed E-state index contributed by atoms with van der Waals surface area (Å²) in [6.45, 7) is 10.4. The SMILES string of the molecule is CC(C)(C)CCCCCCCCCCCOCn1ncc([N+](=O)[O-])c1N1CCN(C(=O)OC(C)(C)C)CC(F)(F)C1. The Morgan fingerprint density at radius 3 is 2.12 bits per heavy atom. The highest BCUT2D eigenvalue weighted by Gasteiger charge is 2.42. The fourth-order valence-corrected chi connectivity index (χ4v) is 4.84. The summed E-state index contributed by atoms with van der Waals surface area (Å²) in [5.41, 5.74) is -0.796. The Balaban J connectivity index is 1.81. The monoisotopic (exact) mass is 587 g/mol. The van der Waals surface area contributed by atoms with Crippen molar-refractivity contribution in [3.8, 4) is 0 Å². The highest BCUT2D eigenvalue weighted by molar-refractivity contribution is 5.68. The third kappa shape index (κ3) is 13.3. The first-order valence-corrected chi connectivity index (χ1v) is 15.0. The zero-order valence-corrected chi connectivity index (χ0v) is 25.9. The Labute approximate surface area is 243 Å². The van der Waals surface area contributed by atoms with Gasteiger partial charge in [-0.25, -0.2) is 18.3 Å². The summed E-state index contributed by atoms with van der Waals surface area (Å²) in [7, 11) is 0. The number of carbonyl (C=O) groups excluding carboxylic acids is 1. The summed E-state index contributed by atoms with van der Waals surface area (Å²) in [6.07, 6.45) is 12.1. The number of nitro groups is 1. The molecule has 12 heteroatoms. The van der Waals surface area contributed by atoms with E-state index in [0.29, 0.717) is 12.0 Å². The second-order valence-corrected chi connectivity index (χ2v) is 13.3. The zero-order chi connectivity index (χ0) is 30.7. The van der Waals surface area contributed by atoms with Gasteiger partial charge >= 0.3 is 11.8 Å². The van der Waals surface area contributed by atoms with Gasteiger partial charge in [0.15, 0.2) is 0 Å². The van der Waals surface area contributed by atoms with E-state index in [9.17, 15) is 23.7 Å². The number of amides is 1. The average Bonchev–Trinajstić information content (AvgIpc) is 3.18. The van der Waals surface area contributed by atoms with Gasteiger partial charge in [0.25, 0.3) is 5.92 Å². The molecule has 0 N–H and O–H groups in total. The third-order valence-electron chi connectivity index (χ3n) is 6.85. The second-order valence-electron chi connectivity index (χ2n) is 13.3. The fraction of sp³-hybridized carbons (Fsp3) is 0.862. The van der Waals surface area contributed by atoms with Crippen LogP contribution in [-0.2, 0) is 16.2 Å². The van der Waals surface area contributed by atoms with Crippen molar-refractivity contribution in [2.75, 3.05) is 37.7 Å². The normalized spacial score (nSPS) is 16.1. The molecular weight excluding hydrogens is 536 g/mol. The first kappa shape index (κ1) is 34.7. The quantitative estimate of drug-likeness (QED) is 0.120. The molecule has 2 heterocycles. The first-order valence-electron chi connectivity index (χ1n) is 15.0. The van der Waals surface area contributed by atoms with E-state index in [1.165, 1.54) is 54.5 Å². The lowest BCUT2D eigenvalue weighted by Gasteiger charge is -2.27. The van der Waals surface area contributed by atoms with Crippen LogP contribution in [0.15, 0.2) is 6.20 Å². The lowest BCUT2D eigenvalue weighted by Crippen LogP contribution is -2.44. The highest BCUT2D eigenvalue weighted by atomic mass is 19.3. The number of nitrogens with zero attached hydrogens (tertiary/aromatic N) is 5. The van der Waals surface area contributed by atoms with E-state index in [1.54, 1.807) is 20.8 Å². The van der Waals surface area contributed by atoms with Gasteiger partial charge in [-0.3, -0.25) is 10.1 Å². The molecule has 1 aromatic heterocycles. The molecule has 1 fully saturated rings. The molecule has 0 unspecified atom stereocenters. The number of unbranched alkanes of at least 4 members (excludes halogenated alkanes) is 8. The van der Waals surface area contributed by atoms with Gasteiger partial charge in [-0.05, 0) is 39.0 Å². The van der Waals surface area contributed by atoms with Crippen molar-refractivity contribution in [3.05, 3.63) is 16.3 Å². The predicted octanol–water partition coefficient (Wildman–Crippen LogP) is 7.40. The number of anilines is 1. The zero-order valence-electron chi connectivity index (χ0n) is 25.9.